The first-order chi connectivity index (χ1) is 9.06. The van der Waals surface area contributed by atoms with Crippen molar-refractivity contribution >= 4 is 11.6 Å². The van der Waals surface area contributed by atoms with Crippen LogP contribution in [-0.4, -0.2) is 37.6 Å². The average Bonchev–Trinajstić information content (AvgIpc) is 2.37. The Kier molecular flexibility index (Phi) is 4.10. The van der Waals surface area contributed by atoms with E-state index in [1.807, 2.05) is 17.0 Å². The Labute approximate surface area is 114 Å². The lowest BCUT2D eigenvalue weighted by Crippen LogP contribution is -2.43. The third-order valence-electron chi connectivity index (χ3n) is 3.82. The summed E-state index contributed by atoms with van der Waals surface area (Å²) in [6.07, 6.45) is 0. The van der Waals surface area contributed by atoms with E-state index in [2.05, 4.69) is 13.8 Å². The summed E-state index contributed by atoms with van der Waals surface area (Å²) in [4.78, 5) is 14.4. The van der Waals surface area contributed by atoms with Gasteiger partial charge in [-0.1, -0.05) is 26.0 Å². The summed E-state index contributed by atoms with van der Waals surface area (Å²) in [5.74, 6) is 0.841. The molecule has 0 saturated heterocycles. The second kappa shape index (κ2) is 5.61. The summed E-state index contributed by atoms with van der Waals surface area (Å²) in [5.41, 5.74) is 8.36. The van der Waals surface area contributed by atoms with Crippen molar-refractivity contribution in [2.75, 3.05) is 32.5 Å². The molecule has 0 saturated carbocycles. The maximum atomic E-state index is 12.5. The average molecular weight is 262 g/mol. The van der Waals surface area contributed by atoms with Crippen LogP contribution in [0.3, 0.4) is 0 Å². The number of anilines is 1. The molecule has 1 atom stereocenters. The van der Waals surface area contributed by atoms with Gasteiger partial charge in [0.1, 0.15) is 0 Å². The molecule has 0 radical (unpaired) electrons. The molecule has 0 fully saturated rings. The van der Waals surface area contributed by atoms with E-state index in [4.69, 9.17) is 10.5 Å². The molecule has 0 aromatic heterocycles. The number of benzene rings is 1. The molecular weight excluding hydrogens is 240 g/mol. The lowest BCUT2D eigenvalue weighted by molar-refractivity contribution is 0.0644. The van der Waals surface area contributed by atoms with Crippen LogP contribution >= 0.6 is 0 Å². The topological polar surface area (TPSA) is 55.6 Å². The van der Waals surface area contributed by atoms with Gasteiger partial charge in [-0.2, -0.15) is 0 Å². The van der Waals surface area contributed by atoms with E-state index in [1.54, 1.807) is 13.2 Å². The first kappa shape index (κ1) is 13.9. The zero-order valence-corrected chi connectivity index (χ0v) is 11.8. The number of carbonyl (C=O) groups is 1. The van der Waals surface area contributed by atoms with Crippen LogP contribution in [0.15, 0.2) is 18.2 Å². The van der Waals surface area contributed by atoms with Gasteiger partial charge in [0.15, 0.2) is 0 Å². The van der Waals surface area contributed by atoms with Gasteiger partial charge in [-0.15, -0.1) is 0 Å². The van der Waals surface area contributed by atoms with Crippen LogP contribution < -0.4 is 5.73 Å². The summed E-state index contributed by atoms with van der Waals surface area (Å²) >= 11 is 0. The van der Waals surface area contributed by atoms with Crippen molar-refractivity contribution in [3.63, 3.8) is 0 Å². The number of carbonyl (C=O) groups excluding carboxylic acids is 1. The molecule has 1 aliphatic rings. The molecule has 4 nitrogen and oxygen atoms in total. The molecular formula is C15H22N2O2. The molecule has 1 amide bonds. The van der Waals surface area contributed by atoms with Crippen molar-refractivity contribution in [2.45, 2.75) is 19.8 Å². The number of nitrogen functional groups attached to an aromatic ring is 1. The molecule has 104 valence electrons. The number of nitrogens with two attached hydrogens (primary N) is 1. The van der Waals surface area contributed by atoms with Crippen LogP contribution in [0.25, 0.3) is 0 Å². The highest BCUT2D eigenvalue weighted by Gasteiger charge is 2.33. The first-order valence-electron chi connectivity index (χ1n) is 6.72. The van der Waals surface area contributed by atoms with Crippen LogP contribution in [0, 0.1) is 5.92 Å². The van der Waals surface area contributed by atoms with Gasteiger partial charge >= 0.3 is 0 Å². The minimum Gasteiger partial charge on any atom is -0.398 e. The third-order valence-corrected chi connectivity index (χ3v) is 3.82. The van der Waals surface area contributed by atoms with Gasteiger partial charge in [0, 0.05) is 31.8 Å². The maximum absolute atomic E-state index is 12.5. The smallest absolute Gasteiger partial charge is 0.256 e. The van der Waals surface area contributed by atoms with E-state index >= 15 is 0 Å². The highest BCUT2D eigenvalue weighted by Crippen LogP contribution is 2.35. The summed E-state index contributed by atoms with van der Waals surface area (Å²) in [6, 6.07) is 5.76. The molecule has 1 aliphatic heterocycles. The predicted octanol–water partition coefficient (Wildman–Crippen LogP) is 2.11. The number of rotatable bonds is 4. The Morgan fingerprint density at radius 2 is 2.21 bits per heavy atom. The van der Waals surface area contributed by atoms with Gasteiger partial charge in [0.05, 0.1) is 12.2 Å². The molecule has 1 heterocycles. The normalized spacial score (nSPS) is 18.8. The molecule has 4 heteroatoms. The molecule has 19 heavy (non-hydrogen) atoms. The van der Waals surface area contributed by atoms with E-state index in [-0.39, 0.29) is 5.91 Å². The fraction of sp³-hybridized carbons (Fsp3) is 0.533. The highest BCUT2D eigenvalue weighted by molar-refractivity contribution is 6.01. The molecule has 1 aromatic rings. The fourth-order valence-electron chi connectivity index (χ4n) is 2.69. The van der Waals surface area contributed by atoms with Crippen molar-refractivity contribution in [1.29, 1.82) is 0 Å². The second-order valence-electron chi connectivity index (χ2n) is 5.41. The van der Waals surface area contributed by atoms with E-state index in [0.29, 0.717) is 36.2 Å². The van der Waals surface area contributed by atoms with E-state index in [9.17, 15) is 4.79 Å². The molecule has 2 N–H and O–H groups in total. The number of hydrogen-bond donors (Lipinski definition) is 1. The Hall–Kier alpha value is -1.55. The van der Waals surface area contributed by atoms with E-state index in [1.165, 1.54) is 0 Å². The SMILES string of the molecule is COCCN1CC(C(C)C)c2cccc(N)c2C1=O. The molecule has 0 aliphatic carbocycles. The lowest BCUT2D eigenvalue weighted by atomic mass is 9.81. The summed E-state index contributed by atoms with van der Waals surface area (Å²) in [6.45, 7) is 6.28. The van der Waals surface area contributed by atoms with Gasteiger partial charge in [-0.3, -0.25) is 4.79 Å². The minimum absolute atomic E-state index is 0.0297. The molecule has 2 rings (SSSR count). The number of fused-ring (bicyclic) bond motifs is 1. The van der Waals surface area contributed by atoms with E-state index in [0.717, 1.165) is 12.1 Å². The number of methoxy groups -OCH3 is 1. The van der Waals surface area contributed by atoms with Crippen molar-refractivity contribution in [1.82, 2.24) is 4.90 Å². The highest BCUT2D eigenvalue weighted by atomic mass is 16.5. The maximum Gasteiger partial charge on any atom is 0.256 e. The van der Waals surface area contributed by atoms with Crippen LogP contribution in [0.4, 0.5) is 5.69 Å². The number of ether oxygens (including phenoxy) is 1. The van der Waals surface area contributed by atoms with Gasteiger partial charge in [0.2, 0.25) is 0 Å². The zero-order chi connectivity index (χ0) is 14.0. The van der Waals surface area contributed by atoms with Crippen LogP contribution in [0.1, 0.15) is 35.7 Å². The molecule has 1 aromatic carbocycles. The predicted molar refractivity (Wildman–Crippen MR) is 76.2 cm³/mol. The summed E-state index contributed by atoms with van der Waals surface area (Å²) in [5, 5.41) is 0. The van der Waals surface area contributed by atoms with Crippen molar-refractivity contribution in [3.05, 3.63) is 29.3 Å². The van der Waals surface area contributed by atoms with Gasteiger partial charge in [0.25, 0.3) is 5.91 Å². The Bertz CT molecular complexity index is 471. The largest absolute Gasteiger partial charge is 0.398 e. The van der Waals surface area contributed by atoms with Crippen LogP contribution in [0.5, 0.6) is 0 Å². The number of hydrogen-bond acceptors (Lipinski definition) is 3. The Balaban J connectivity index is 2.40. The van der Waals surface area contributed by atoms with Crippen molar-refractivity contribution in [3.8, 4) is 0 Å². The fourth-order valence-corrected chi connectivity index (χ4v) is 2.69. The first-order valence-corrected chi connectivity index (χ1v) is 6.72. The molecule has 1 unspecified atom stereocenters. The number of amides is 1. The van der Waals surface area contributed by atoms with Crippen LogP contribution in [-0.2, 0) is 4.74 Å². The quantitative estimate of drug-likeness (QED) is 0.846. The second-order valence-corrected chi connectivity index (χ2v) is 5.41. The monoisotopic (exact) mass is 262 g/mol. The summed E-state index contributed by atoms with van der Waals surface area (Å²) < 4.78 is 5.08. The van der Waals surface area contributed by atoms with Gasteiger partial charge in [-0.25, -0.2) is 0 Å². The zero-order valence-electron chi connectivity index (χ0n) is 11.8. The number of nitrogens with zero attached hydrogens (tertiary/aromatic N) is 1. The minimum atomic E-state index is 0.0297. The standard InChI is InChI=1S/C15H22N2O2/c1-10(2)12-9-17(7-8-19-3)15(18)14-11(12)5-4-6-13(14)16/h4-6,10,12H,7-9,16H2,1-3H3. The van der Waals surface area contributed by atoms with Gasteiger partial charge < -0.3 is 15.4 Å². The molecule has 0 bridgehead atoms. The van der Waals surface area contributed by atoms with Crippen LogP contribution in [0.2, 0.25) is 0 Å². The Morgan fingerprint density at radius 1 is 1.47 bits per heavy atom. The lowest BCUT2D eigenvalue weighted by Gasteiger charge is -2.36. The summed E-state index contributed by atoms with van der Waals surface area (Å²) in [7, 11) is 1.65. The molecule has 0 spiro atoms. The van der Waals surface area contributed by atoms with Crippen molar-refractivity contribution in [2.24, 2.45) is 5.92 Å². The van der Waals surface area contributed by atoms with Crippen molar-refractivity contribution < 1.29 is 9.53 Å². The third kappa shape index (κ3) is 2.59. The van der Waals surface area contributed by atoms with Gasteiger partial charge in [-0.05, 0) is 17.5 Å². The Morgan fingerprint density at radius 3 is 2.84 bits per heavy atom. The van der Waals surface area contributed by atoms with E-state index < -0.39 is 0 Å².